The molecule has 8 nitrogen and oxygen atoms in total. The van der Waals surface area contributed by atoms with Gasteiger partial charge in [-0.05, 0) is 47.7 Å². The van der Waals surface area contributed by atoms with Gasteiger partial charge in [0.25, 0.3) is 5.91 Å². The third-order valence-electron chi connectivity index (χ3n) is 3.48. The molecule has 0 spiro atoms. The molecule has 0 aliphatic carbocycles. The van der Waals surface area contributed by atoms with Gasteiger partial charge >= 0.3 is 0 Å². The highest BCUT2D eigenvalue weighted by Gasteiger charge is 2.13. The molecule has 2 amide bonds. The standard InChI is InChI=1S/C17H16N6O2S/c1-11-20-21-22-23(11)13-6-4-5-12(9-13)19-17(25)14-7-2-3-8-15(14)26-10-16(18)24/h2-9H,10H2,1H3,(H2,18,24)(H,19,25). The van der Waals surface area contributed by atoms with E-state index < -0.39 is 5.91 Å². The lowest BCUT2D eigenvalue weighted by Gasteiger charge is -2.10. The number of primary amides is 1. The maximum Gasteiger partial charge on any atom is 0.256 e. The minimum atomic E-state index is -0.435. The molecule has 3 N–H and O–H groups in total. The molecule has 26 heavy (non-hydrogen) atoms. The van der Waals surface area contributed by atoms with Gasteiger partial charge in [-0.2, -0.15) is 4.68 Å². The summed E-state index contributed by atoms with van der Waals surface area (Å²) in [5.41, 5.74) is 7.01. The van der Waals surface area contributed by atoms with E-state index in [0.717, 1.165) is 5.69 Å². The first kappa shape index (κ1) is 17.6. The number of benzene rings is 2. The monoisotopic (exact) mass is 368 g/mol. The van der Waals surface area contributed by atoms with Gasteiger partial charge in [-0.3, -0.25) is 9.59 Å². The van der Waals surface area contributed by atoms with Crippen molar-refractivity contribution in [2.75, 3.05) is 11.1 Å². The lowest BCUT2D eigenvalue weighted by molar-refractivity contribution is -0.115. The van der Waals surface area contributed by atoms with Crippen molar-refractivity contribution in [2.45, 2.75) is 11.8 Å². The quantitative estimate of drug-likeness (QED) is 0.641. The summed E-state index contributed by atoms with van der Waals surface area (Å²) in [5.74, 6) is 0.0396. The minimum Gasteiger partial charge on any atom is -0.369 e. The number of thioether (sulfide) groups is 1. The second-order valence-electron chi connectivity index (χ2n) is 5.39. The van der Waals surface area contributed by atoms with Gasteiger partial charge in [-0.25, -0.2) is 0 Å². The van der Waals surface area contributed by atoms with Gasteiger partial charge in [0.15, 0.2) is 5.82 Å². The predicted octanol–water partition coefficient (Wildman–Crippen LogP) is 1.80. The first-order valence-corrected chi connectivity index (χ1v) is 8.70. The summed E-state index contributed by atoms with van der Waals surface area (Å²) in [5, 5.41) is 14.2. The Bertz CT molecular complexity index is 956. The van der Waals surface area contributed by atoms with Crippen molar-refractivity contribution in [2.24, 2.45) is 5.73 Å². The number of rotatable bonds is 6. The molecule has 3 aromatic rings. The predicted molar refractivity (Wildman–Crippen MR) is 98.2 cm³/mol. The number of aromatic nitrogens is 4. The van der Waals surface area contributed by atoms with Crippen LogP contribution in [-0.2, 0) is 4.79 Å². The fourth-order valence-corrected chi connectivity index (χ4v) is 3.10. The van der Waals surface area contributed by atoms with E-state index in [1.807, 2.05) is 6.07 Å². The second kappa shape index (κ2) is 7.79. The largest absolute Gasteiger partial charge is 0.369 e. The summed E-state index contributed by atoms with van der Waals surface area (Å²) in [6.07, 6.45) is 0. The van der Waals surface area contributed by atoms with Crippen LogP contribution in [0, 0.1) is 6.92 Å². The number of hydrogen-bond acceptors (Lipinski definition) is 6. The summed E-state index contributed by atoms with van der Waals surface area (Å²) in [6, 6.07) is 14.3. The molecule has 132 valence electrons. The summed E-state index contributed by atoms with van der Waals surface area (Å²) < 4.78 is 1.58. The lowest BCUT2D eigenvalue weighted by atomic mass is 10.2. The molecule has 1 aromatic heterocycles. The minimum absolute atomic E-state index is 0.109. The number of nitrogens with zero attached hydrogens (tertiary/aromatic N) is 4. The van der Waals surface area contributed by atoms with Crippen LogP contribution in [0.5, 0.6) is 0 Å². The summed E-state index contributed by atoms with van der Waals surface area (Å²) >= 11 is 1.23. The van der Waals surface area contributed by atoms with Crippen LogP contribution in [0.4, 0.5) is 5.69 Å². The van der Waals surface area contributed by atoms with Crippen molar-refractivity contribution in [3.8, 4) is 5.69 Å². The van der Waals surface area contributed by atoms with E-state index in [1.165, 1.54) is 11.8 Å². The van der Waals surface area contributed by atoms with E-state index in [9.17, 15) is 9.59 Å². The first-order chi connectivity index (χ1) is 12.5. The highest BCUT2D eigenvalue weighted by Crippen LogP contribution is 2.24. The molecule has 1 heterocycles. The van der Waals surface area contributed by atoms with E-state index in [4.69, 9.17) is 5.73 Å². The number of hydrogen-bond donors (Lipinski definition) is 2. The molecule has 2 aromatic carbocycles. The summed E-state index contributed by atoms with van der Waals surface area (Å²) in [6.45, 7) is 1.79. The van der Waals surface area contributed by atoms with Crippen molar-refractivity contribution >= 4 is 29.3 Å². The summed E-state index contributed by atoms with van der Waals surface area (Å²) in [7, 11) is 0. The topological polar surface area (TPSA) is 116 Å². The van der Waals surface area contributed by atoms with Gasteiger partial charge < -0.3 is 11.1 Å². The number of carbonyl (C=O) groups is 2. The Labute approximate surface area is 153 Å². The average molecular weight is 368 g/mol. The van der Waals surface area contributed by atoms with E-state index in [0.29, 0.717) is 22.0 Å². The van der Waals surface area contributed by atoms with Gasteiger partial charge in [-0.15, -0.1) is 16.9 Å². The molecule has 0 atom stereocenters. The number of carbonyl (C=O) groups excluding carboxylic acids is 2. The van der Waals surface area contributed by atoms with E-state index >= 15 is 0 Å². The molecule has 0 saturated carbocycles. The Morgan fingerprint density at radius 3 is 2.73 bits per heavy atom. The van der Waals surface area contributed by atoms with Crippen molar-refractivity contribution in [3.63, 3.8) is 0 Å². The van der Waals surface area contributed by atoms with Gasteiger partial charge in [0.05, 0.1) is 17.0 Å². The van der Waals surface area contributed by atoms with Gasteiger partial charge in [0, 0.05) is 10.6 Å². The third kappa shape index (κ3) is 4.06. The molecule has 0 aliphatic heterocycles. The number of anilines is 1. The van der Waals surface area contributed by atoms with Crippen molar-refractivity contribution in [1.29, 1.82) is 0 Å². The van der Waals surface area contributed by atoms with Gasteiger partial charge in [0.1, 0.15) is 0 Å². The number of tetrazole rings is 1. The van der Waals surface area contributed by atoms with Crippen molar-refractivity contribution in [3.05, 3.63) is 59.9 Å². The second-order valence-corrected chi connectivity index (χ2v) is 6.41. The molecule has 0 bridgehead atoms. The van der Waals surface area contributed by atoms with Crippen LogP contribution in [0.15, 0.2) is 53.4 Å². The zero-order valence-electron chi connectivity index (χ0n) is 13.9. The van der Waals surface area contributed by atoms with Crippen LogP contribution in [0.3, 0.4) is 0 Å². The number of amides is 2. The molecule has 9 heteroatoms. The fraction of sp³-hybridized carbons (Fsp3) is 0.118. The van der Waals surface area contributed by atoms with Crippen LogP contribution in [0.1, 0.15) is 16.2 Å². The smallest absolute Gasteiger partial charge is 0.256 e. The molecule has 0 saturated heterocycles. The van der Waals surface area contributed by atoms with E-state index in [1.54, 1.807) is 54.1 Å². The van der Waals surface area contributed by atoms with Crippen LogP contribution in [0.25, 0.3) is 5.69 Å². The zero-order valence-corrected chi connectivity index (χ0v) is 14.7. The molecule has 0 aliphatic rings. The van der Waals surface area contributed by atoms with Gasteiger partial charge in [0.2, 0.25) is 5.91 Å². The average Bonchev–Trinajstić information content (AvgIpc) is 3.06. The highest BCUT2D eigenvalue weighted by molar-refractivity contribution is 8.00. The van der Waals surface area contributed by atoms with Crippen LogP contribution in [0.2, 0.25) is 0 Å². The molecule has 0 fully saturated rings. The lowest BCUT2D eigenvalue weighted by Crippen LogP contribution is -2.15. The maximum atomic E-state index is 12.7. The summed E-state index contributed by atoms with van der Waals surface area (Å²) in [4.78, 5) is 24.4. The molecule has 0 radical (unpaired) electrons. The number of nitrogens with one attached hydrogen (secondary N) is 1. The number of aryl methyl sites for hydroxylation is 1. The SMILES string of the molecule is Cc1nnnn1-c1cccc(NC(=O)c2ccccc2SCC(N)=O)c1. The van der Waals surface area contributed by atoms with Crippen molar-refractivity contribution < 1.29 is 9.59 Å². The first-order valence-electron chi connectivity index (χ1n) is 7.71. The molecule has 0 unspecified atom stereocenters. The fourth-order valence-electron chi connectivity index (χ4n) is 2.31. The van der Waals surface area contributed by atoms with Crippen LogP contribution in [-0.4, -0.2) is 37.8 Å². The van der Waals surface area contributed by atoms with E-state index in [-0.39, 0.29) is 11.7 Å². The van der Waals surface area contributed by atoms with Crippen LogP contribution < -0.4 is 11.1 Å². The Kier molecular flexibility index (Phi) is 5.28. The highest BCUT2D eigenvalue weighted by atomic mass is 32.2. The molecular formula is C17H16N6O2S. The van der Waals surface area contributed by atoms with E-state index in [2.05, 4.69) is 20.8 Å². The third-order valence-corrected chi connectivity index (χ3v) is 4.57. The molecule has 3 rings (SSSR count). The van der Waals surface area contributed by atoms with Gasteiger partial charge in [-0.1, -0.05) is 18.2 Å². The van der Waals surface area contributed by atoms with Crippen LogP contribution >= 0.6 is 11.8 Å². The normalized spacial score (nSPS) is 10.5. The number of nitrogens with two attached hydrogens (primary N) is 1. The Balaban J connectivity index is 1.81. The van der Waals surface area contributed by atoms with Crippen molar-refractivity contribution in [1.82, 2.24) is 20.2 Å². The zero-order chi connectivity index (χ0) is 18.5. The Hall–Kier alpha value is -3.20. The maximum absolute atomic E-state index is 12.7. The Morgan fingerprint density at radius 1 is 1.19 bits per heavy atom. The molecular weight excluding hydrogens is 352 g/mol. The Morgan fingerprint density at radius 2 is 2.00 bits per heavy atom.